The maximum atomic E-state index is 13.2. The highest BCUT2D eigenvalue weighted by molar-refractivity contribution is 7.90. The number of benzene rings is 2. The number of amidine groups is 1. The highest BCUT2D eigenvalue weighted by Gasteiger charge is 2.32. The third-order valence-electron chi connectivity index (χ3n) is 6.67. The van der Waals surface area contributed by atoms with E-state index in [-0.39, 0.29) is 22.6 Å². The Hall–Kier alpha value is -2.71. The van der Waals surface area contributed by atoms with Crippen LogP contribution < -0.4 is 10.0 Å². The molecule has 34 heavy (non-hydrogen) atoms. The number of fused-ring (bicyclic) bond motifs is 1. The van der Waals surface area contributed by atoms with E-state index < -0.39 is 16.1 Å². The van der Waals surface area contributed by atoms with Crippen LogP contribution in [0, 0.1) is 11.8 Å². The Balaban J connectivity index is 1.47. The number of likely N-dealkylation sites (tertiary alicyclic amines) is 1. The summed E-state index contributed by atoms with van der Waals surface area (Å²) in [6.07, 6.45) is 2.45. The molecule has 182 valence electrons. The monoisotopic (exact) mass is 482 g/mol. The molecule has 2 aromatic rings. The van der Waals surface area contributed by atoms with Crippen LogP contribution in [0.4, 0.5) is 0 Å². The first kappa shape index (κ1) is 24.4. The van der Waals surface area contributed by atoms with E-state index >= 15 is 0 Å². The summed E-state index contributed by atoms with van der Waals surface area (Å²) in [5.74, 6) is 0.698. The maximum absolute atomic E-state index is 13.2. The number of rotatable bonds is 7. The van der Waals surface area contributed by atoms with Crippen LogP contribution in [0.15, 0.2) is 58.4 Å². The predicted octanol–water partition coefficient (Wildman–Crippen LogP) is 3.30. The van der Waals surface area contributed by atoms with Crippen molar-refractivity contribution in [2.45, 2.75) is 57.6 Å². The van der Waals surface area contributed by atoms with Crippen LogP contribution in [-0.4, -0.2) is 44.2 Å². The zero-order valence-corrected chi connectivity index (χ0v) is 20.9. The van der Waals surface area contributed by atoms with Gasteiger partial charge in [0.15, 0.2) is 0 Å². The van der Waals surface area contributed by atoms with Gasteiger partial charge in [-0.05, 0) is 61.0 Å². The van der Waals surface area contributed by atoms with Crippen molar-refractivity contribution in [1.29, 1.82) is 0 Å². The fraction of sp³-hybridized carbons (Fsp3) is 0.462. The molecule has 1 atom stereocenters. The van der Waals surface area contributed by atoms with Gasteiger partial charge in [0.05, 0.1) is 4.90 Å². The van der Waals surface area contributed by atoms with Crippen molar-refractivity contribution < 1.29 is 13.2 Å². The molecule has 2 aliphatic heterocycles. The first-order chi connectivity index (χ1) is 16.2. The van der Waals surface area contributed by atoms with E-state index in [4.69, 9.17) is 0 Å². The molecule has 0 spiro atoms. The molecule has 0 unspecified atom stereocenters. The number of hydrogen-bond donors (Lipinski definition) is 2. The van der Waals surface area contributed by atoms with E-state index in [0.29, 0.717) is 12.1 Å². The molecular formula is C26H34N4O3S. The van der Waals surface area contributed by atoms with Crippen molar-refractivity contribution in [3.63, 3.8) is 0 Å². The number of nitrogens with one attached hydrogen (secondary N) is 2. The van der Waals surface area contributed by atoms with Crippen molar-refractivity contribution in [3.05, 3.63) is 65.2 Å². The number of nitrogens with zero attached hydrogens (tertiary/aromatic N) is 2. The minimum atomic E-state index is -3.65. The number of carbonyl (C=O) groups excluding carboxylic acids is 1. The molecule has 7 nitrogen and oxygen atoms in total. The van der Waals surface area contributed by atoms with Crippen molar-refractivity contribution in [3.8, 4) is 0 Å². The van der Waals surface area contributed by atoms with Crippen LogP contribution in [0.3, 0.4) is 0 Å². The molecule has 2 aliphatic rings. The van der Waals surface area contributed by atoms with Crippen molar-refractivity contribution in [2.75, 3.05) is 13.1 Å². The quantitative estimate of drug-likeness (QED) is 0.634. The molecular weight excluding hydrogens is 448 g/mol. The summed E-state index contributed by atoms with van der Waals surface area (Å²) in [5, 5.41) is 3.04. The van der Waals surface area contributed by atoms with E-state index in [1.165, 1.54) is 18.4 Å². The molecule has 0 aromatic heterocycles. The Bertz CT molecular complexity index is 1170. The molecule has 2 N–H and O–H groups in total. The summed E-state index contributed by atoms with van der Waals surface area (Å²) >= 11 is 0. The molecule has 2 aromatic carbocycles. The topological polar surface area (TPSA) is 90.9 Å². The summed E-state index contributed by atoms with van der Waals surface area (Å²) in [6.45, 7) is 9.63. The summed E-state index contributed by atoms with van der Waals surface area (Å²) < 4.78 is 27.3. The molecule has 0 radical (unpaired) electrons. The van der Waals surface area contributed by atoms with Crippen LogP contribution in [0.1, 0.15) is 50.3 Å². The fourth-order valence-electron chi connectivity index (χ4n) is 4.51. The second kappa shape index (κ2) is 10.3. The highest BCUT2D eigenvalue weighted by atomic mass is 32.2. The fourth-order valence-corrected chi connectivity index (χ4v) is 5.75. The standard InChI is InChI=1S/C26H34N4O3S/c1-18(2)24(28-25-22-10-6-7-11-23(22)34(32,33)29-25)26(31)27-16-20-8-4-5-9-21(20)17-30-14-12-19(3)13-15-30/h4-11,18-19,24H,12-17H2,1-3H3,(H,27,31)(H,28,29)/t24-/m0/s1. The lowest BCUT2D eigenvalue weighted by Crippen LogP contribution is -2.38. The van der Waals surface area contributed by atoms with Crippen LogP contribution in [0.5, 0.6) is 0 Å². The molecule has 1 saturated heterocycles. The van der Waals surface area contributed by atoms with Crippen molar-refractivity contribution >= 4 is 21.8 Å². The number of amides is 1. The lowest BCUT2D eigenvalue weighted by molar-refractivity contribution is -0.123. The lowest BCUT2D eigenvalue weighted by Gasteiger charge is -2.30. The summed E-state index contributed by atoms with van der Waals surface area (Å²) in [7, 11) is -3.65. The number of piperidine rings is 1. The average Bonchev–Trinajstić information content (AvgIpc) is 3.08. The Labute approximate surface area is 202 Å². The Morgan fingerprint density at radius 3 is 2.44 bits per heavy atom. The van der Waals surface area contributed by atoms with Gasteiger partial charge in [0.2, 0.25) is 5.91 Å². The van der Waals surface area contributed by atoms with Gasteiger partial charge in [0.1, 0.15) is 11.9 Å². The zero-order valence-electron chi connectivity index (χ0n) is 20.1. The first-order valence-corrected chi connectivity index (χ1v) is 13.5. The van der Waals surface area contributed by atoms with E-state index in [1.54, 1.807) is 24.3 Å². The largest absolute Gasteiger partial charge is 0.350 e. The normalized spacial score (nSPS) is 20.2. The van der Waals surface area contributed by atoms with Crippen LogP contribution >= 0.6 is 0 Å². The van der Waals surface area contributed by atoms with E-state index in [1.807, 2.05) is 26.0 Å². The van der Waals surface area contributed by atoms with Gasteiger partial charge >= 0.3 is 0 Å². The molecule has 0 aliphatic carbocycles. The molecule has 8 heteroatoms. The predicted molar refractivity (Wildman–Crippen MR) is 134 cm³/mol. The molecule has 0 bridgehead atoms. The molecule has 4 rings (SSSR count). The lowest BCUT2D eigenvalue weighted by atomic mass is 9.98. The van der Waals surface area contributed by atoms with Gasteiger partial charge < -0.3 is 5.32 Å². The van der Waals surface area contributed by atoms with Gasteiger partial charge in [-0.15, -0.1) is 0 Å². The van der Waals surface area contributed by atoms with E-state index in [0.717, 1.165) is 31.1 Å². The van der Waals surface area contributed by atoms with E-state index in [9.17, 15) is 13.2 Å². The SMILES string of the molecule is CC1CCN(Cc2ccccc2CNC(=O)[C@@H](N=C2NS(=O)(=O)c3ccccc32)C(C)C)CC1. The smallest absolute Gasteiger partial charge is 0.263 e. The summed E-state index contributed by atoms with van der Waals surface area (Å²) in [4.78, 5) is 20.4. The highest BCUT2D eigenvalue weighted by Crippen LogP contribution is 2.24. The van der Waals surface area contributed by atoms with Gasteiger partial charge in [0, 0.05) is 18.7 Å². The summed E-state index contributed by atoms with van der Waals surface area (Å²) in [6, 6.07) is 14.2. The number of sulfonamides is 1. The minimum absolute atomic E-state index is 0.102. The van der Waals surface area contributed by atoms with E-state index in [2.05, 4.69) is 39.0 Å². The number of aliphatic imine (C=N–C) groups is 1. The van der Waals surface area contributed by atoms with Crippen molar-refractivity contribution in [2.24, 2.45) is 16.8 Å². The Morgan fingerprint density at radius 2 is 1.74 bits per heavy atom. The summed E-state index contributed by atoms with van der Waals surface area (Å²) in [5.41, 5.74) is 2.82. The van der Waals surface area contributed by atoms with Gasteiger partial charge in [-0.1, -0.05) is 57.2 Å². The Kier molecular flexibility index (Phi) is 7.38. The average molecular weight is 483 g/mol. The first-order valence-electron chi connectivity index (χ1n) is 12.0. The van der Waals surface area contributed by atoms with Gasteiger partial charge in [-0.25, -0.2) is 8.42 Å². The molecule has 2 heterocycles. The van der Waals surface area contributed by atoms with Gasteiger partial charge in [-0.3, -0.25) is 19.4 Å². The molecule has 0 saturated carbocycles. The van der Waals surface area contributed by atoms with Crippen LogP contribution in [-0.2, 0) is 27.9 Å². The zero-order chi connectivity index (χ0) is 24.3. The van der Waals surface area contributed by atoms with Crippen LogP contribution in [0.2, 0.25) is 0 Å². The third kappa shape index (κ3) is 5.50. The van der Waals surface area contributed by atoms with Gasteiger partial charge in [0.25, 0.3) is 10.0 Å². The maximum Gasteiger partial charge on any atom is 0.263 e. The Morgan fingerprint density at radius 1 is 1.09 bits per heavy atom. The van der Waals surface area contributed by atoms with Crippen molar-refractivity contribution in [1.82, 2.24) is 14.9 Å². The number of carbonyl (C=O) groups is 1. The molecule has 1 fully saturated rings. The molecule has 1 amide bonds. The third-order valence-corrected chi connectivity index (χ3v) is 8.07. The second-order valence-electron chi connectivity index (χ2n) is 9.71. The van der Waals surface area contributed by atoms with Gasteiger partial charge in [-0.2, -0.15) is 0 Å². The second-order valence-corrected chi connectivity index (χ2v) is 11.4. The number of hydrogen-bond acceptors (Lipinski definition) is 5. The van der Waals surface area contributed by atoms with Crippen LogP contribution in [0.25, 0.3) is 0 Å². The minimum Gasteiger partial charge on any atom is -0.350 e.